The molecule has 0 heterocycles. The first-order valence-corrected chi connectivity index (χ1v) is 7.83. The second-order valence-electron chi connectivity index (χ2n) is 4.65. The quantitative estimate of drug-likeness (QED) is 0.799. The summed E-state index contributed by atoms with van der Waals surface area (Å²) in [6, 6.07) is 12.2. The van der Waals surface area contributed by atoms with E-state index in [0.717, 1.165) is 11.3 Å². The van der Waals surface area contributed by atoms with E-state index in [0.29, 0.717) is 15.7 Å². The number of benzene rings is 2. The molecule has 0 fully saturated rings. The van der Waals surface area contributed by atoms with Crippen molar-refractivity contribution in [2.45, 2.75) is 6.42 Å². The first-order valence-electron chi connectivity index (χ1n) is 6.67. The van der Waals surface area contributed by atoms with E-state index in [1.807, 2.05) is 12.1 Å². The average Bonchev–Trinajstić information content (AvgIpc) is 2.51. The lowest BCUT2D eigenvalue weighted by Gasteiger charge is -2.11. The van der Waals surface area contributed by atoms with Crippen LogP contribution in [0.2, 0.25) is 10.0 Å². The molecular weight excluding hydrogens is 355 g/mol. The Morgan fingerprint density at radius 1 is 1.17 bits per heavy atom. The zero-order valence-electron chi connectivity index (χ0n) is 12.2. The molecule has 0 spiro atoms. The minimum atomic E-state index is -0.231. The highest BCUT2D eigenvalue weighted by molar-refractivity contribution is 7.80. The van der Waals surface area contributed by atoms with Crippen molar-refractivity contribution >= 4 is 52.1 Å². The molecule has 0 aliphatic carbocycles. The van der Waals surface area contributed by atoms with Gasteiger partial charge in [-0.1, -0.05) is 35.3 Å². The Kier molecular flexibility index (Phi) is 6.21. The summed E-state index contributed by atoms with van der Waals surface area (Å²) in [6.07, 6.45) is 0.203. The van der Waals surface area contributed by atoms with Gasteiger partial charge in [-0.15, -0.1) is 0 Å². The Morgan fingerprint density at radius 3 is 2.52 bits per heavy atom. The molecule has 120 valence electrons. The molecule has 2 aromatic rings. The minimum absolute atomic E-state index is 0.160. The van der Waals surface area contributed by atoms with Crippen LogP contribution in [0, 0.1) is 0 Å². The van der Waals surface area contributed by atoms with Gasteiger partial charge in [0, 0.05) is 5.02 Å². The molecule has 0 bridgehead atoms. The molecule has 2 rings (SSSR count). The van der Waals surface area contributed by atoms with Crippen molar-refractivity contribution in [3.8, 4) is 5.75 Å². The predicted octanol–water partition coefficient (Wildman–Crippen LogP) is 4.06. The number of hydrogen-bond donors (Lipinski definition) is 2. The largest absolute Gasteiger partial charge is 0.497 e. The highest BCUT2D eigenvalue weighted by Gasteiger charge is 2.08. The van der Waals surface area contributed by atoms with Crippen molar-refractivity contribution in [1.82, 2.24) is 5.32 Å². The van der Waals surface area contributed by atoms with Gasteiger partial charge in [0.05, 0.1) is 24.2 Å². The normalized spacial score (nSPS) is 10.0. The number of hydrogen-bond acceptors (Lipinski definition) is 3. The Bertz CT molecular complexity index is 721. The lowest BCUT2D eigenvalue weighted by Crippen LogP contribution is -2.35. The summed E-state index contributed by atoms with van der Waals surface area (Å²) in [6.45, 7) is 0. The van der Waals surface area contributed by atoms with Crippen LogP contribution < -0.4 is 15.4 Å². The van der Waals surface area contributed by atoms with Crippen molar-refractivity contribution in [1.29, 1.82) is 0 Å². The minimum Gasteiger partial charge on any atom is -0.497 e. The van der Waals surface area contributed by atoms with Gasteiger partial charge < -0.3 is 15.4 Å². The van der Waals surface area contributed by atoms with Crippen LogP contribution in [0.1, 0.15) is 5.56 Å². The second-order valence-corrected chi connectivity index (χ2v) is 5.90. The Morgan fingerprint density at radius 2 is 1.87 bits per heavy atom. The topological polar surface area (TPSA) is 50.4 Å². The van der Waals surface area contributed by atoms with E-state index in [1.165, 1.54) is 0 Å². The number of ether oxygens (including phenoxy) is 1. The van der Waals surface area contributed by atoms with E-state index in [2.05, 4.69) is 10.6 Å². The summed E-state index contributed by atoms with van der Waals surface area (Å²) in [5.41, 5.74) is 1.39. The molecule has 0 aromatic heterocycles. The first-order chi connectivity index (χ1) is 11.0. The Hall–Kier alpha value is -1.82. The van der Waals surface area contributed by atoms with Crippen molar-refractivity contribution in [3.63, 3.8) is 0 Å². The third-order valence-corrected chi connectivity index (χ3v) is 3.72. The van der Waals surface area contributed by atoms with Crippen LogP contribution >= 0.6 is 35.4 Å². The van der Waals surface area contributed by atoms with Gasteiger partial charge in [0.2, 0.25) is 5.91 Å². The number of carbonyl (C=O) groups excluding carboxylic acids is 1. The molecule has 0 unspecified atom stereocenters. The highest BCUT2D eigenvalue weighted by atomic mass is 35.5. The molecule has 7 heteroatoms. The molecule has 0 saturated carbocycles. The third-order valence-electron chi connectivity index (χ3n) is 2.95. The van der Waals surface area contributed by atoms with E-state index < -0.39 is 0 Å². The number of halogens is 2. The fourth-order valence-electron chi connectivity index (χ4n) is 1.85. The number of methoxy groups -OCH3 is 1. The van der Waals surface area contributed by atoms with Crippen LogP contribution in [-0.2, 0) is 11.2 Å². The number of anilines is 1. The van der Waals surface area contributed by atoms with Gasteiger partial charge >= 0.3 is 0 Å². The first kappa shape index (κ1) is 17.5. The maximum absolute atomic E-state index is 12.0. The number of thiocarbonyl (C=S) groups is 1. The molecule has 4 nitrogen and oxygen atoms in total. The molecule has 0 radical (unpaired) electrons. The standard InChI is InChI=1S/C16H14Cl2N2O2S/c1-22-12-5-2-10(3-6-12)8-15(21)20-16(23)19-14-9-11(17)4-7-13(14)18/h2-7,9H,8H2,1H3,(H2,19,20,21,23). The number of carbonyl (C=O) groups is 1. The van der Waals surface area contributed by atoms with Gasteiger partial charge in [0.15, 0.2) is 5.11 Å². The van der Waals surface area contributed by atoms with E-state index in [9.17, 15) is 4.79 Å². The summed E-state index contributed by atoms with van der Waals surface area (Å²) in [4.78, 5) is 12.0. The van der Waals surface area contributed by atoms with Crippen molar-refractivity contribution in [2.75, 3.05) is 12.4 Å². The maximum atomic E-state index is 12.0. The Labute approximate surface area is 149 Å². The van der Waals surface area contributed by atoms with E-state index in [1.54, 1.807) is 37.4 Å². The number of rotatable bonds is 4. The smallest absolute Gasteiger partial charge is 0.230 e. The summed E-state index contributed by atoms with van der Waals surface area (Å²) in [5, 5.41) is 6.59. The summed E-state index contributed by atoms with van der Waals surface area (Å²) < 4.78 is 5.07. The SMILES string of the molecule is COc1ccc(CC(=O)NC(=S)Nc2cc(Cl)ccc2Cl)cc1. The molecule has 0 aliphatic heterocycles. The molecule has 2 aromatic carbocycles. The summed E-state index contributed by atoms with van der Waals surface area (Å²) in [5.74, 6) is 0.507. The van der Waals surface area contributed by atoms with E-state index >= 15 is 0 Å². The second kappa shape index (κ2) is 8.15. The average molecular weight is 369 g/mol. The van der Waals surface area contributed by atoms with Crippen LogP contribution in [0.15, 0.2) is 42.5 Å². The molecule has 1 amide bonds. The summed E-state index contributed by atoms with van der Waals surface area (Å²) >= 11 is 17.0. The molecule has 2 N–H and O–H groups in total. The number of amides is 1. The monoisotopic (exact) mass is 368 g/mol. The molecule has 0 saturated heterocycles. The fourth-order valence-corrected chi connectivity index (χ4v) is 2.41. The predicted molar refractivity (Wildman–Crippen MR) is 97.5 cm³/mol. The molecular formula is C16H14Cl2N2O2S. The van der Waals surface area contributed by atoms with Crippen LogP contribution in [0.4, 0.5) is 5.69 Å². The molecule has 0 atom stereocenters. The van der Waals surface area contributed by atoms with Crippen LogP contribution in [-0.4, -0.2) is 18.1 Å². The van der Waals surface area contributed by atoms with Gasteiger partial charge in [-0.2, -0.15) is 0 Å². The van der Waals surface area contributed by atoms with E-state index in [4.69, 9.17) is 40.2 Å². The maximum Gasteiger partial charge on any atom is 0.230 e. The van der Waals surface area contributed by atoms with Gasteiger partial charge in [-0.05, 0) is 48.1 Å². The van der Waals surface area contributed by atoms with Gasteiger partial charge in [-0.3, -0.25) is 4.79 Å². The van der Waals surface area contributed by atoms with Gasteiger partial charge in [-0.25, -0.2) is 0 Å². The van der Waals surface area contributed by atoms with Crippen molar-refractivity contribution < 1.29 is 9.53 Å². The Balaban J connectivity index is 1.91. The fraction of sp³-hybridized carbons (Fsp3) is 0.125. The van der Waals surface area contributed by atoms with Crippen LogP contribution in [0.3, 0.4) is 0 Å². The van der Waals surface area contributed by atoms with Crippen molar-refractivity contribution in [2.24, 2.45) is 0 Å². The highest BCUT2D eigenvalue weighted by Crippen LogP contribution is 2.25. The van der Waals surface area contributed by atoms with Gasteiger partial charge in [0.1, 0.15) is 5.75 Å². The molecule has 0 aliphatic rings. The lowest BCUT2D eigenvalue weighted by atomic mass is 10.1. The van der Waals surface area contributed by atoms with Crippen LogP contribution in [0.25, 0.3) is 0 Å². The zero-order valence-corrected chi connectivity index (χ0v) is 14.6. The third kappa shape index (κ3) is 5.39. The van der Waals surface area contributed by atoms with E-state index in [-0.39, 0.29) is 17.4 Å². The van der Waals surface area contributed by atoms with Crippen LogP contribution in [0.5, 0.6) is 5.75 Å². The van der Waals surface area contributed by atoms with Gasteiger partial charge in [0.25, 0.3) is 0 Å². The lowest BCUT2D eigenvalue weighted by molar-refractivity contribution is -0.119. The summed E-state index contributed by atoms with van der Waals surface area (Å²) in [7, 11) is 1.59. The van der Waals surface area contributed by atoms with Crippen molar-refractivity contribution in [3.05, 3.63) is 58.1 Å². The zero-order chi connectivity index (χ0) is 16.8. The number of nitrogens with one attached hydrogen (secondary N) is 2. The molecule has 23 heavy (non-hydrogen) atoms.